The summed E-state index contributed by atoms with van der Waals surface area (Å²) in [5.41, 5.74) is 1.38. The minimum absolute atomic E-state index is 0.126. The Kier molecular flexibility index (Phi) is 6.74. The Morgan fingerprint density at radius 3 is 2.52 bits per heavy atom. The molecule has 31 heavy (non-hydrogen) atoms. The summed E-state index contributed by atoms with van der Waals surface area (Å²) in [6.07, 6.45) is 0. The third-order valence-corrected chi connectivity index (χ3v) is 6.21. The van der Waals surface area contributed by atoms with Crippen LogP contribution in [0.2, 0.25) is 0 Å². The molecule has 0 atom stereocenters. The number of carbonyl (C=O) groups is 1. The summed E-state index contributed by atoms with van der Waals surface area (Å²) >= 11 is 1.57. The Hall–Kier alpha value is -3.03. The van der Waals surface area contributed by atoms with Gasteiger partial charge in [0.15, 0.2) is 0 Å². The molecule has 0 radical (unpaired) electrons. The zero-order chi connectivity index (χ0) is 21.6. The number of amides is 1. The van der Waals surface area contributed by atoms with E-state index in [1.807, 2.05) is 42.5 Å². The van der Waals surface area contributed by atoms with Crippen LogP contribution >= 0.6 is 11.8 Å². The van der Waals surface area contributed by atoms with Gasteiger partial charge in [0.05, 0.1) is 12.0 Å². The number of hydrogen-bond donors (Lipinski definition) is 1. The van der Waals surface area contributed by atoms with E-state index in [1.165, 1.54) is 0 Å². The molecular weight excluding hydrogens is 408 g/mol. The molecule has 0 spiro atoms. The first-order valence-corrected chi connectivity index (χ1v) is 11.1. The lowest BCUT2D eigenvalue weighted by Crippen LogP contribution is -2.44. The number of pyridine rings is 1. The Balaban J connectivity index is 1.47. The normalized spacial score (nSPS) is 14.3. The molecule has 0 bridgehead atoms. The molecule has 1 aliphatic heterocycles. The number of methoxy groups -OCH3 is 1. The number of nitrogens with zero attached hydrogens (tertiary/aromatic N) is 3. The average molecular weight is 435 g/mol. The summed E-state index contributed by atoms with van der Waals surface area (Å²) in [6.45, 7) is 3.98. The van der Waals surface area contributed by atoms with Gasteiger partial charge in [0.1, 0.15) is 5.82 Å². The molecule has 160 valence electrons. The first-order valence-electron chi connectivity index (χ1n) is 10.3. The molecule has 2 aromatic carbocycles. The van der Waals surface area contributed by atoms with Crippen molar-refractivity contribution >= 4 is 29.2 Å². The van der Waals surface area contributed by atoms with E-state index in [9.17, 15) is 4.79 Å². The van der Waals surface area contributed by atoms with Gasteiger partial charge in [-0.3, -0.25) is 4.79 Å². The van der Waals surface area contributed by atoms with Gasteiger partial charge in [0.2, 0.25) is 5.88 Å². The number of piperazine rings is 1. The second-order valence-electron chi connectivity index (χ2n) is 7.42. The summed E-state index contributed by atoms with van der Waals surface area (Å²) in [6, 6.07) is 21.1. The van der Waals surface area contributed by atoms with Crippen molar-refractivity contribution in [1.82, 2.24) is 9.88 Å². The molecule has 1 amide bonds. The predicted molar refractivity (Wildman–Crippen MR) is 125 cm³/mol. The van der Waals surface area contributed by atoms with E-state index in [-0.39, 0.29) is 5.91 Å². The number of rotatable bonds is 6. The molecule has 1 fully saturated rings. The lowest BCUT2D eigenvalue weighted by Gasteiger charge is -2.33. The van der Waals surface area contributed by atoms with Gasteiger partial charge in [0.25, 0.3) is 5.91 Å². The topological polar surface area (TPSA) is 57.7 Å². The van der Waals surface area contributed by atoms with Crippen LogP contribution in [-0.2, 0) is 0 Å². The summed E-state index contributed by atoms with van der Waals surface area (Å²) in [7, 11) is 3.79. The number of ether oxygens (including phenoxy) is 1. The number of nitrogens with one attached hydrogen (secondary N) is 1. The van der Waals surface area contributed by atoms with Crippen molar-refractivity contribution in [1.29, 1.82) is 0 Å². The van der Waals surface area contributed by atoms with Crippen LogP contribution in [0.5, 0.6) is 5.88 Å². The largest absolute Gasteiger partial charge is 0.480 e. The van der Waals surface area contributed by atoms with Crippen molar-refractivity contribution in [2.75, 3.05) is 50.6 Å². The van der Waals surface area contributed by atoms with Crippen molar-refractivity contribution < 1.29 is 9.53 Å². The molecule has 7 heteroatoms. The van der Waals surface area contributed by atoms with Crippen LogP contribution in [0.3, 0.4) is 0 Å². The molecule has 1 saturated heterocycles. The zero-order valence-electron chi connectivity index (χ0n) is 17.7. The molecule has 0 aliphatic carbocycles. The highest BCUT2D eigenvalue weighted by Crippen LogP contribution is 2.36. The number of aromatic nitrogens is 1. The van der Waals surface area contributed by atoms with E-state index in [1.54, 1.807) is 31.0 Å². The summed E-state index contributed by atoms with van der Waals surface area (Å²) in [5, 5.41) is 2.96. The Morgan fingerprint density at radius 1 is 1.00 bits per heavy atom. The SMILES string of the molecule is COc1nc(N2CCN(C)CC2)ccc1Sc1cccc(NC(=O)c2ccccc2)c1. The second kappa shape index (κ2) is 9.85. The van der Waals surface area contributed by atoms with Crippen LogP contribution < -0.4 is 15.0 Å². The maximum Gasteiger partial charge on any atom is 0.255 e. The first kappa shape index (κ1) is 21.2. The van der Waals surface area contributed by atoms with Gasteiger partial charge in [0, 0.05) is 42.3 Å². The highest BCUT2D eigenvalue weighted by Gasteiger charge is 2.17. The first-order chi connectivity index (χ1) is 15.1. The van der Waals surface area contributed by atoms with Crippen LogP contribution in [0.4, 0.5) is 11.5 Å². The predicted octanol–water partition coefficient (Wildman–Crippen LogP) is 4.25. The lowest BCUT2D eigenvalue weighted by atomic mass is 10.2. The Bertz CT molecular complexity index is 1040. The minimum atomic E-state index is -0.126. The van der Waals surface area contributed by atoms with Gasteiger partial charge in [-0.15, -0.1) is 0 Å². The monoisotopic (exact) mass is 434 g/mol. The van der Waals surface area contributed by atoms with E-state index in [0.717, 1.165) is 47.5 Å². The lowest BCUT2D eigenvalue weighted by molar-refractivity contribution is 0.102. The minimum Gasteiger partial charge on any atom is -0.480 e. The van der Waals surface area contributed by atoms with Gasteiger partial charge in [-0.05, 0) is 49.5 Å². The van der Waals surface area contributed by atoms with Gasteiger partial charge in [-0.2, -0.15) is 4.98 Å². The molecule has 1 N–H and O–H groups in total. The Labute approximate surface area is 187 Å². The maximum absolute atomic E-state index is 12.4. The van der Waals surface area contributed by atoms with Crippen LogP contribution in [0, 0.1) is 0 Å². The van der Waals surface area contributed by atoms with Gasteiger partial charge < -0.3 is 19.9 Å². The van der Waals surface area contributed by atoms with Crippen molar-refractivity contribution in [2.24, 2.45) is 0 Å². The molecule has 1 aliphatic rings. The summed E-state index contributed by atoms with van der Waals surface area (Å²) < 4.78 is 5.58. The molecule has 4 rings (SSSR count). The third kappa shape index (κ3) is 5.37. The van der Waals surface area contributed by atoms with Gasteiger partial charge in [-0.1, -0.05) is 36.0 Å². The number of anilines is 2. The summed E-state index contributed by atoms with van der Waals surface area (Å²) in [4.78, 5) is 23.7. The van der Waals surface area contributed by atoms with Crippen LogP contribution in [0.25, 0.3) is 0 Å². The fourth-order valence-electron chi connectivity index (χ4n) is 3.41. The van der Waals surface area contributed by atoms with Crippen LogP contribution in [-0.4, -0.2) is 56.1 Å². The van der Waals surface area contributed by atoms with E-state index < -0.39 is 0 Å². The molecule has 2 heterocycles. The molecular formula is C24H26N4O2S. The quantitative estimate of drug-likeness (QED) is 0.626. The average Bonchev–Trinajstić information content (AvgIpc) is 2.81. The summed E-state index contributed by atoms with van der Waals surface area (Å²) in [5.74, 6) is 1.43. The molecule has 6 nitrogen and oxygen atoms in total. The highest BCUT2D eigenvalue weighted by atomic mass is 32.2. The molecule has 0 unspecified atom stereocenters. The zero-order valence-corrected chi connectivity index (χ0v) is 18.6. The number of benzene rings is 2. The van der Waals surface area contributed by atoms with Crippen LogP contribution in [0.15, 0.2) is 76.5 Å². The van der Waals surface area contributed by atoms with Crippen molar-refractivity contribution in [3.05, 3.63) is 72.3 Å². The van der Waals surface area contributed by atoms with E-state index in [0.29, 0.717) is 11.4 Å². The molecule has 3 aromatic rings. The fraction of sp³-hybridized carbons (Fsp3) is 0.250. The third-order valence-electron chi connectivity index (χ3n) is 5.19. The fourth-order valence-corrected chi connectivity index (χ4v) is 4.35. The highest BCUT2D eigenvalue weighted by molar-refractivity contribution is 7.99. The van der Waals surface area contributed by atoms with Gasteiger partial charge in [-0.25, -0.2) is 0 Å². The number of likely N-dealkylation sites (N-methyl/N-ethyl adjacent to an activating group) is 1. The van der Waals surface area contributed by atoms with Gasteiger partial charge >= 0.3 is 0 Å². The van der Waals surface area contributed by atoms with E-state index in [4.69, 9.17) is 9.72 Å². The standard InChI is InChI=1S/C24H26N4O2S/c1-27-13-15-28(16-14-27)22-12-11-21(24(26-22)30-2)31-20-10-6-9-19(17-20)25-23(29)18-7-4-3-5-8-18/h3-12,17H,13-16H2,1-2H3,(H,25,29). The second-order valence-corrected chi connectivity index (χ2v) is 8.53. The number of hydrogen-bond acceptors (Lipinski definition) is 6. The van der Waals surface area contributed by atoms with Crippen molar-refractivity contribution in [3.8, 4) is 5.88 Å². The molecule has 0 saturated carbocycles. The Morgan fingerprint density at radius 2 is 1.77 bits per heavy atom. The molecule has 1 aromatic heterocycles. The van der Waals surface area contributed by atoms with Crippen molar-refractivity contribution in [3.63, 3.8) is 0 Å². The smallest absolute Gasteiger partial charge is 0.255 e. The van der Waals surface area contributed by atoms with Crippen LogP contribution in [0.1, 0.15) is 10.4 Å². The maximum atomic E-state index is 12.4. The van der Waals surface area contributed by atoms with E-state index >= 15 is 0 Å². The number of carbonyl (C=O) groups excluding carboxylic acids is 1. The van der Waals surface area contributed by atoms with Crippen molar-refractivity contribution in [2.45, 2.75) is 9.79 Å². The van der Waals surface area contributed by atoms with E-state index in [2.05, 4.69) is 34.3 Å².